The largest absolute Gasteiger partial charge is 0.463 e. The maximum absolute atomic E-state index is 14.3. The van der Waals surface area contributed by atoms with Crippen molar-refractivity contribution in [3.05, 3.63) is 136 Å². The molecular formula is C37H36ClN3O3S. The molecule has 0 saturated carbocycles. The molecule has 230 valence electrons. The molecule has 0 saturated heterocycles. The molecule has 2 aromatic heterocycles. The zero-order valence-electron chi connectivity index (χ0n) is 26.3. The SMILES string of the molecule is CCOC(=O)C1=C(C)N=c2s/c(=C\c3c(C)n(Cc4ccc(Cl)cc4)c4ccc(C)cc34)c(=O)n2[C@@H]1c1ccc(C(C)C)cc1. The minimum absolute atomic E-state index is 0.184. The second-order valence-corrected chi connectivity index (χ2v) is 13.3. The van der Waals surface area contributed by atoms with Crippen LogP contribution < -0.4 is 14.9 Å². The van der Waals surface area contributed by atoms with Crippen LogP contribution in [0.15, 0.2) is 87.8 Å². The van der Waals surface area contributed by atoms with Crippen molar-refractivity contribution >= 4 is 45.9 Å². The Morgan fingerprint density at radius 3 is 2.42 bits per heavy atom. The summed E-state index contributed by atoms with van der Waals surface area (Å²) in [5.41, 5.74) is 8.21. The standard InChI is InChI=1S/C37H36ClN3O3S/c1-7-44-36(43)33-23(5)39-37-41(34(33)27-13-11-26(12-14-27)21(2)3)35(42)32(45-37)19-29-24(6)40(20-25-9-15-28(38)16-10-25)31-17-8-22(4)18-30(29)31/h8-19,21,34H,7,20H2,1-6H3/b32-19-/t34-/m1/s1. The average Bonchev–Trinajstić information content (AvgIpc) is 3.45. The molecule has 3 heterocycles. The van der Waals surface area contributed by atoms with Gasteiger partial charge in [0, 0.05) is 33.7 Å². The van der Waals surface area contributed by atoms with Crippen LogP contribution in [0.5, 0.6) is 0 Å². The van der Waals surface area contributed by atoms with Gasteiger partial charge < -0.3 is 9.30 Å². The number of carbonyl (C=O) groups excluding carboxylic acids is 1. The van der Waals surface area contributed by atoms with E-state index >= 15 is 0 Å². The number of thiazole rings is 1. The van der Waals surface area contributed by atoms with E-state index in [4.69, 9.17) is 21.3 Å². The van der Waals surface area contributed by atoms with E-state index in [-0.39, 0.29) is 12.2 Å². The van der Waals surface area contributed by atoms with Crippen LogP contribution in [-0.2, 0) is 16.1 Å². The smallest absolute Gasteiger partial charge is 0.338 e. The lowest BCUT2D eigenvalue weighted by Gasteiger charge is -2.25. The Morgan fingerprint density at radius 1 is 1.04 bits per heavy atom. The number of nitrogens with zero attached hydrogens (tertiary/aromatic N) is 3. The van der Waals surface area contributed by atoms with Crippen molar-refractivity contribution in [3.63, 3.8) is 0 Å². The van der Waals surface area contributed by atoms with Crippen molar-refractivity contribution < 1.29 is 9.53 Å². The third-order valence-electron chi connectivity index (χ3n) is 8.49. The van der Waals surface area contributed by atoms with Crippen molar-refractivity contribution in [1.29, 1.82) is 0 Å². The molecule has 0 fully saturated rings. The predicted octanol–water partition coefficient (Wildman–Crippen LogP) is 7.19. The van der Waals surface area contributed by atoms with E-state index in [1.54, 1.807) is 11.5 Å². The zero-order valence-corrected chi connectivity index (χ0v) is 27.9. The predicted molar refractivity (Wildman–Crippen MR) is 183 cm³/mol. The quantitative estimate of drug-likeness (QED) is 0.177. The van der Waals surface area contributed by atoms with E-state index in [2.05, 4.69) is 62.6 Å². The van der Waals surface area contributed by atoms with Crippen LogP contribution in [0.1, 0.15) is 73.2 Å². The van der Waals surface area contributed by atoms with E-state index < -0.39 is 12.0 Å². The summed E-state index contributed by atoms with van der Waals surface area (Å²) in [5.74, 6) is -0.0981. The molecule has 0 spiro atoms. The molecule has 0 N–H and O–H groups in total. The van der Waals surface area contributed by atoms with Gasteiger partial charge in [0.1, 0.15) is 0 Å². The fraction of sp³-hybridized carbons (Fsp3) is 0.270. The maximum atomic E-state index is 14.3. The summed E-state index contributed by atoms with van der Waals surface area (Å²) in [6.07, 6.45) is 1.99. The summed E-state index contributed by atoms with van der Waals surface area (Å²) in [7, 11) is 0. The number of esters is 1. The van der Waals surface area contributed by atoms with Gasteiger partial charge in [-0.1, -0.05) is 84.8 Å². The normalized spacial score (nSPS) is 15.1. The minimum Gasteiger partial charge on any atom is -0.463 e. The van der Waals surface area contributed by atoms with Gasteiger partial charge in [0.15, 0.2) is 4.80 Å². The first-order valence-corrected chi connectivity index (χ1v) is 16.4. The van der Waals surface area contributed by atoms with Crippen LogP contribution in [0.25, 0.3) is 17.0 Å². The van der Waals surface area contributed by atoms with Gasteiger partial charge in [0.25, 0.3) is 5.56 Å². The van der Waals surface area contributed by atoms with E-state index in [9.17, 15) is 9.59 Å². The molecule has 0 bridgehead atoms. The molecule has 0 radical (unpaired) electrons. The number of hydrogen-bond donors (Lipinski definition) is 0. The van der Waals surface area contributed by atoms with Gasteiger partial charge in [-0.05, 0) is 80.6 Å². The number of fused-ring (bicyclic) bond motifs is 2. The minimum atomic E-state index is -0.641. The van der Waals surface area contributed by atoms with Crippen LogP contribution in [0, 0.1) is 13.8 Å². The highest BCUT2D eigenvalue weighted by Crippen LogP contribution is 2.32. The molecule has 1 atom stereocenters. The summed E-state index contributed by atoms with van der Waals surface area (Å²) in [5, 5.41) is 1.78. The molecule has 6 rings (SSSR count). The molecule has 1 aliphatic heterocycles. The fourth-order valence-electron chi connectivity index (χ4n) is 6.08. The van der Waals surface area contributed by atoms with Crippen molar-refractivity contribution in [2.75, 3.05) is 6.61 Å². The Morgan fingerprint density at radius 2 is 1.76 bits per heavy atom. The summed E-state index contributed by atoms with van der Waals surface area (Å²) in [4.78, 5) is 33.0. The Labute approximate surface area is 271 Å². The Kier molecular flexibility index (Phi) is 8.42. The highest BCUT2D eigenvalue weighted by molar-refractivity contribution is 7.07. The summed E-state index contributed by atoms with van der Waals surface area (Å²) < 4.78 is 9.97. The molecule has 6 nitrogen and oxygen atoms in total. The Balaban J connectivity index is 1.55. The number of hydrogen-bond acceptors (Lipinski definition) is 5. The summed E-state index contributed by atoms with van der Waals surface area (Å²) in [6.45, 7) is 13.0. The molecule has 8 heteroatoms. The van der Waals surface area contributed by atoms with E-state index in [1.807, 2.05) is 49.4 Å². The van der Waals surface area contributed by atoms with Gasteiger partial charge in [-0.15, -0.1) is 0 Å². The molecule has 1 aliphatic rings. The third kappa shape index (κ3) is 5.71. The molecule has 0 amide bonds. The first-order valence-electron chi connectivity index (χ1n) is 15.2. The van der Waals surface area contributed by atoms with Crippen molar-refractivity contribution in [3.8, 4) is 0 Å². The van der Waals surface area contributed by atoms with Gasteiger partial charge in [-0.2, -0.15) is 0 Å². The van der Waals surface area contributed by atoms with Gasteiger partial charge in [-0.25, -0.2) is 9.79 Å². The summed E-state index contributed by atoms with van der Waals surface area (Å²) in [6, 6.07) is 21.8. The summed E-state index contributed by atoms with van der Waals surface area (Å²) >= 11 is 7.50. The van der Waals surface area contributed by atoms with Crippen molar-refractivity contribution in [2.45, 2.75) is 60.0 Å². The number of rotatable bonds is 7. The number of allylic oxidation sites excluding steroid dienone is 1. The topological polar surface area (TPSA) is 65.6 Å². The Bertz CT molecular complexity index is 2150. The van der Waals surface area contributed by atoms with Crippen LogP contribution in [0.3, 0.4) is 0 Å². The maximum Gasteiger partial charge on any atom is 0.338 e. The average molecular weight is 638 g/mol. The first kappa shape index (κ1) is 30.8. The van der Waals surface area contributed by atoms with E-state index in [0.717, 1.165) is 38.9 Å². The lowest BCUT2D eigenvalue weighted by atomic mass is 9.93. The van der Waals surface area contributed by atoms with Crippen LogP contribution >= 0.6 is 22.9 Å². The number of benzene rings is 3. The third-order valence-corrected chi connectivity index (χ3v) is 9.73. The molecule has 0 aliphatic carbocycles. The number of ether oxygens (including phenoxy) is 1. The highest BCUT2D eigenvalue weighted by atomic mass is 35.5. The van der Waals surface area contributed by atoms with Crippen molar-refractivity contribution in [1.82, 2.24) is 9.13 Å². The molecule has 0 unspecified atom stereocenters. The molecular weight excluding hydrogens is 602 g/mol. The number of aromatic nitrogens is 2. The molecule has 45 heavy (non-hydrogen) atoms. The van der Waals surface area contributed by atoms with Gasteiger partial charge in [0.2, 0.25) is 0 Å². The number of carbonyl (C=O) groups is 1. The lowest BCUT2D eigenvalue weighted by molar-refractivity contribution is -0.139. The second-order valence-electron chi connectivity index (χ2n) is 11.9. The number of halogens is 1. The first-order chi connectivity index (χ1) is 21.6. The van der Waals surface area contributed by atoms with Crippen LogP contribution in [0.4, 0.5) is 0 Å². The monoisotopic (exact) mass is 637 g/mol. The van der Waals surface area contributed by atoms with Crippen LogP contribution in [-0.4, -0.2) is 21.7 Å². The van der Waals surface area contributed by atoms with Crippen LogP contribution in [0.2, 0.25) is 5.02 Å². The highest BCUT2D eigenvalue weighted by Gasteiger charge is 2.33. The fourth-order valence-corrected chi connectivity index (χ4v) is 7.24. The van der Waals surface area contributed by atoms with E-state index in [0.29, 0.717) is 38.1 Å². The Hall–Kier alpha value is -4.20. The van der Waals surface area contributed by atoms with Gasteiger partial charge >= 0.3 is 5.97 Å². The van der Waals surface area contributed by atoms with Gasteiger partial charge in [0.05, 0.1) is 28.5 Å². The molecule has 5 aromatic rings. The van der Waals surface area contributed by atoms with Crippen molar-refractivity contribution in [2.24, 2.45) is 4.99 Å². The number of aryl methyl sites for hydroxylation is 1. The molecule has 3 aromatic carbocycles. The van der Waals surface area contributed by atoms with E-state index in [1.165, 1.54) is 16.9 Å². The second kappa shape index (κ2) is 12.3. The van der Waals surface area contributed by atoms with Gasteiger partial charge in [-0.3, -0.25) is 9.36 Å². The zero-order chi connectivity index (χ0) is 32.0. The lowest BCUT2D eigenvalue weighted by Crippen LogP contribution is -2.40.